The van der Waals surface area contributed by atoms with Gasteiger partial charge in [-0.25, -0.2) is 0 Å². The number of nitrogens with zero attached hydrogens (tertiary/aromatic N) is 2. The SMILES string of the molecule is COc1ccc(Cl)cc1C(=O)/N=c1\sc(C)cn1CC1CNC1. The van der Waals surface area contributed by atoms with Crippen LogP contribution >= 0.6 is 22.9 Å². The molecule has 5 nitrogen and oxygen atoms in total. The maximum absolute atomic E-state index is 12.6. The van der Waals surface area contributed by atoms with Crippen molar-refractivity contribution in [2.24, 2.45) is 10.9 Å². The van der Waals surface area contributed by atoms with Gasteiger partial charge in [0.2, 0.25) is 0 Å². The van der Waals surface area contributed by atoms with Crippen molar-refractivity contribution in [2.45, 2.75) is 13.5 Å². The van der Waals surface area contributed by atoms with E-state index in [0.29, 0.717) is 27.1 Å². The maximum Gasteiger partial charge on any atom is 0.283 e. The molecule has 0 spiro atoms. The number of amides is 1. The lowest BCUT2D eigenvalue weighted by molar-refractivity contribution is 0.0994. The van der Waals surface area contributed by atoms with Gasteiger partial charge < -0.3 is 14.6 Å². The molecule has 1 aliphatic rings. The normalized spacial score (nSPS) is 15.5. The summed E-state index contributed by atoms with van der Waals surface area (Å²) in [5, 5.41) is 3.74. The van der Waals surface area contributed by atoms with E-state index in [1.165, 1.54) is 18.4 Å². The highest BCUT2D eigenvalue weighted by Gasteiger charge is 2.18. The van der Waals surface area contributed by atoms with Gasteiger partial charge in [0, 0.05) is 41.6 Å². The van der Waals surface area contributed by atoms with Crippen molar-refractivity contribution in [1.29, 1.82) is 0 Å². The van der Waals surface area contributed by atoms with Crippen LogP contribution in [-0.4, -0.2) is 30.7 Å². The van der Waals surface area contributed by atoms with Crippen molar-refractivity contribution in [3.63, 3.8) is 0 Å². The third-order valence-corrected chi connectivity index (χ3v) is 4.92. The first-order valence-electron chi connectivity index (χ1n) is 7.37. The van der Waals surface area contributed by atoms with Crippen LogP contribution in [0.5, 0.6) is 5.75 Å². The van der Waals surface area contributed by atoms with Crippen LogP contribution in [0.3, 0.4) is 0 Å². The smallest absolute Gasteiger partial charge is 0.283 e. The summed E-state index contributed by atoms with van der Waals surface area (Å²) in [5.41, 5.74) is 0.378. The van der Waals surface area contributed by atoms with Gasteiger partial charge in [-0.1, -0.05) is 11.6 Å². The first-order chi connectivity index (χ1) is 11.1. The summed E-state index contributed by atoms with van der Waals surface area (Å²) in [6.07, 6.45) is 2.05. The second-order valence-corrected chi connectivity index (χ2v) is 7.21. The number of thiazole rings is 1. The molecule has 7 heteroatoms. The number of carbonyl (C=O) groups excluding carboxylic acids is 1. The summed E-state index contributed by atoms with van der Waals surface area (Å²) in [4.78, 5) is 18.7. The van der Waals surface area contributed by atoms with Crippen molar-refractivity contribution < 1.29 is 9.53 Å². The van der Waals surface area contributed by atoms with E-state index < -0.39 is 0 Å². The number of aryl methyl sites for hydroxylation is 1. The van der Waals surface area contributed by atoms with Gasteiger partial charge in [0.05, 0.1) is 12.7 Å². The summed E-state index contributed by atoms with van der Waals surface area (Å²) in [6.45, 7) is 4.91. The molecule has 2 heterocycles. The van der Waals surface area contributed by atoms with Crippen molar-refractivity contribution >= 4 is 28.8 Å². The molecule has 1 N–H and O–H groups in total. The van der Waals surface area contributed by atoms with Crippen molar-refractivity contribution in [2.75, 3.05) is 20.2 Å². The van der Waals surface area contributed by atoms with Crippen molar-refractivity contribution in [3.05, 3.63) is 44.7 Å². The molecule has 1 fully saturated rings. The van der Waals surface area contributed by atoms with Crippen LogP contribution in [-0.2, 0) is 6.54 Å². The van der Waals surface area contributed by atoms with E-state index in [4.69, 9.17) is 16.3 Å². The molecule has 1 aromatic heterocycles. The lowest BCUT2D eigenvalue weighted by atomic mass is 10.0. The van der Waals surface area contributed by atoms with Crippen LogP contribution in [0, 0.1) is 12.8 Å². The Balaban J connectivity index is 1.94. The van der Waals surface area contributed by atoms with Gasteiger partial charge >= 0.3 is 0 Å². The number of methoxy groups -OCH3 is 1. The molecule has 1 amide bonds. The number of carbonyl (C=O) groups is 1. The van der Waals surface area contributed by atoms with E-state index in [9.17, 15) is 4.79 Å². The molecular formula is C16H18ClN3O2S. The number of ether oxygens (including phenoxy) is 1. The summed E-state index contributed by atoms with van der Waals surface area (Å²) >= 11 is 7.51. The molecule has 3 rings (SSSR count). The Bertz CT molecular complexity index is 793. The number of halogens is 1. The molecule has 0 atom stereocenters. The van der Waals surface area contributed by atoms with E-state index in [1.807, 2.05) is 13.1 Å². The third-order valence-electron chi connectivity index (χ3n) is 3.75. The average Bonchev–Trinajstić information content (AvgIpc) is 2.82. The Morgan fingerprint density at radius 3 is 2.96 bits per heavy atom. The summed E-state index contributed by atoms with van der Waals surface area (Å²) in [6, 6.07) is 4.96. The Morgan fingerprint density at radius 1 is 1.52 bits per heavy atom. The quantitative estimate of drug-likeness (QED) is 0.920. The van der Waals surface area contributed by atoms with E-state index in [1.54, 1.807) is 18.2 Å². The molecule has 0 aliphatic carbocycles. The zero-order valence-corrected chi connectivity index (χ0v) is 14.6. The lowest BCUT2D eigenvalue weighted by Crippen LogP contribution is -2.45. The molecule has 1 aromatic carbocycles. The second kappa shape index (κ2) is 6.86. The topological polar surface area (TPSA) is 55.6 Å². The van der Waals surface area contributed by atoms with Gasteiger partial charge in [-0.05, 0) is 25.1 Å². The number of benzene rings is 1. The fourth-order valence-electron chi connectivity index (χ4n) is 2.47. The van der Waals surface area contributed by atoms with Gasteiger partial charge in [0.25, 0.3) is 5.91 Å². The number of hydrogen-bond donors (Lipinski definition) is 1. The van der Waals surface area contributed by atoms with E-state index in [0.717, 1.165) is 24.5 Å². The molecular weight excluding hydrogens is 334 g/mol. The predicted molar refractivity (Wildman–Crippen MR) is 91.3 cm³/mol. The van der Waals surface area contributed by atoms with Gasteiger partial charge in [-0.2, -0.15) is 4.99 Å². The largest absolute Gasteiger partial charge is 0.496 e. The van der Waals surface area contributed by atoms with Gasteiger partial charge in [0.15, 0.2) is 4.80 Å². The predicted octanol–water partition coefficient (Wildman–Crippen LogP) is 2.48. The van der Waals surface area contributed by atoms with Crippen LogP contribution in [0.15, 0.2) is 29.4 Å². The van der Waals surface area contributed by atoms with Crippen molar-refractivity contribution in [1.82, 2.24) is 9.88 Å². The standard InChI is InChI=1S/C16H18ClN3O2S/c1-10-8-20(9-11-6-18-7-11)16(23-10)19-15(21)13-5-12(17)3-4-14(13)22-2/h3-5,8,11,18H,6-7,9H2,1-2H3/b19-16-. The van der Waals surface area contributed by atoms with Crippen LogP contribution in [0.4, 0.5) is 0 Å². The maximum atomic E-state index is 12.6. The highest BCUT2D eigenvalue weighted by molar-refractivity contribution is 7.09. The summed E-state index contributed by atoms with van der Waals surface area (Å²) < 4.78 is 7.29. The monoisotopic (exact) mass is 351 g/mol. The van der Waals surface area contributed by atoms with Crippen LogP contribution < -0.4 is 14.9 Å². The second-order valence-electron chi connectivity index (χ2n) is 5.56. The zero-order chi connectivity index (χ0) is 16.4. The van der Waals surface area contributed by atoms with Gasteiger partial charge in [0.1, 0.15) is 5.75 Å². The van der Waals surface area contributed by atoms with Crippen LogP contribution in [0.2, 0.25) is 5.02 Å². The molecule has 0 bridgehead atoms. The van der Waals surface area contributed by atoms with E-state index >= 15 is 0 Å². The summed E-state index contributed by atoms with van der Waals surface area (Å²) in [7, 11) is 1.53. The lowest BCUT2D eigenvalue weighted by Gasteiger charge is -2.27. The van der Waals surface area contributed by atoms with Gasteiger partial charge in [-0.3, -0.25) is 4.79 Å². The van der Waals surface area contributed by atoms with E-state index in [-0.39, 0.29) is 5.91 Å². The Hall–Kier alpha value is -1.63. The molecule has 0 saturated carbocycles. The number of nitrogens with one attached hydrogen (secondary N) is 1. The fourth-order valence-corrected chi connectivity index (χ4v) is 3.48. The van der Waals surface area contributed by atoms with Crippen LogP contribution in [0.1, 0.15) is 15.2 Å². The Labute approximate surface area is 143 Å². The molecule has 23 heavy (non-hydrogen) atoms. The molecule has 1 aliphatic heterocycles. The minimum Gasteiger partial charge on any atom is -0.496 e. The van der Waals surface area contributed by atoms with Crippen molar-refractivity contribution in [3.8, 4) is 5.75 Å². The fraction of sp³-hybridized carbons (Fsp3) is 0.375. The Morgan fingerprint density at radius 2 is 2.30 bits per heavy atom. The summed E-state index contributed by atoms with van der Waals surface area (Å²) in [5.74, 6) is 0.733. The Kier molecular flexibility index (Phi) is 4.84. The third kappa shape index (κ3) is 3.65. The highest BCUT2D eigenvalue weighted by atomic mass is 35.5. The number of rotatable bonds is 4. The highest BCUT2D eigenvalue weighted by Crippen LogP contribution is 2.23. The average molecular weight is 352 g/mol. The zero-order valence-electron chi connectivity index (χ0n) is 13.0. The molecule has 0 unspecified atom stereocenters. The molecule has 122 valence electrons. The van der Waals surface area contributed by atoms with Crippen LogP contribution in [0.25, 0.3) is 0 Å². The number of hydrogen-bond acceptors (Lipinski definition) is 4. The van der Waals surface area contributed by atoms with Gasteiger partial charge in [-0.15, -0.1) is 11.3 Å². The minimum atomic E-state index is -0.341. The minimum absolute atomic E-state index is 0.341. The number of aromatic nitrogens is 1. The molecule has 1 saturated heterocycles. The first-order valence-corrected chi connectivity index (χ1v) is 8.56. The first kappa shape index (κ1) is 16.2. The van der Waals surface area contributed by atoms with E-state index in [2.05, 4.69) is 14.9 Å². The molecule has 0 radical (unpaired) electrons. The molecule has 2 aromatic rings.